The Labute approximate surface area is 206 Å². The van der Waals surface area contributed by atoms with Crippen molar-refractivity contribution >= 4 is 17.5 Å². The highest BCUT2D eigenvalue weighted by Crippen LogP contribution is 2.47. The highest BCUT2D eigenvalue weighted by atomic mass is 16.5. The molecule has 4 rings (SSSR count). The molecular formula is C28H33NO6. The maximum atomic E-state index is 13.7. The average Bonchev–Trinajstić information content (AvgIpc) is 3.28. The first-order valence-corrected chi connectivity index (χ1v) is 12.1. The smallest absolute Gasteiger partial charge is 0.316 e. The molecule has 1 aromatic heterocycles. The van der Waals surface area contributed by atoms with E-state index in [4.69, 9.17) is 23.6 Å². The topological polar surface area (TPSA) is 87.3 Å². The van der Waals surface area contributed by atoms with Crippen molar-refractivity contribution < 1.29 is 28.2 Å². The summed E-state index contributed by atoms with van der Waals surface area (Å²) in [6.45, 7) is 7.51. The number of benzene rings is 1. The van der Waals surface area contributed by atoms with Gasteiger partial charge in [-0.15, -0.1) is 0 Å². The summed E-state index contributed by atoms with van der Waals surface area (Å²) in [5.74, 6) is 0.875. The number of ether oxygens (including phenoxy) is 3. The Morgan fingerprint density at radius 1 is 1.11 bits per heavy atom. The minimum absolute atomic E-state index is 0.0253. The fourth-order valence-corrected chi connectivity index (χ4v) is 4.99. The number of methoxy groups -OCH3 is 2. The molecule has 4 atom stereocenters. The van der Waals surface area contributed by atoms with E-state index in [1.54, 1.807) is 14.2 Å². The summed E-state index contributed by atoms with van der Waals surface area (Å²) >= 11 is 0. The second kappa shape index (κ2) is 10.1. The van der Waals surface area contributed by atoms with Gasteiger partial charge in [0.25, 0.3) is 0 Å². The number of carbonyl (C=O) groups excluding carboxylic acids is 2. The van der Waals surface area contributed by atoms with Crippen LogP contribution in [0.15, 0.2) is 51.0 Å². The summed E-state index contributed by atoms with van der Waals surface area (Å²) in [6.07, 6.45) is 1.38. The molecule has 1 aliphatic heterocycles. The molecular weight excluding hydrogens is 446 g/mol. The molecule has 2 heterocycles. The molecule has 0 saturated carbocycles. The Bertz CT molecular complexity index is 1190. The number of esters is 1. The lowest BCUT2D eigenvalue weighted by Crippen LogP contribution is -2.38. The van der Waals surface area contributed by atoms with Crippen LogP contribution in [0.4, 0.5) is 0 Å². The molecule has 2 aliphatic rings. The van der Waals surface area contributed by atoms with Gasteiger partial charge in [-0.2, -0.15) is 0 Å². The molecule has 1 aliphatic carbocycles. The van der Waals surface area contributed by atoms with E-state index in [9.17, 15) is 9.59 Å². The van der Waals surface area contributed by atoms with Gasteiger partial charge in [0.05, 0.1) is 26.2 Å². The highest BCUT2D eigenvalue weighted by Gasteiger charge is 2.46. The lowest BCUT2D eigenvalue weighted by molar-refractivity contribution is -0.151. The Kier molecular flexibility index (Phi) is 7.15. The first kappa shape index (κ1) is 24.8. The van der Waals surface area contributed by atoms with Crippen LogP contribution in [-0.2, 0) is 14.3 Å². The molecule has 35 heavy (non-hydrogen) atoms. The van der Waals surface area contributed by atoms with Crippen molar-refractivity contribution in [2.24, 2.45) is 10.9 Å². The largest absolute Gasteiger partial charge is 0.493 e. The summed E-state index contributed by atoms with van der Waals surface area (Å²) < 4.78 is 22.5. The van der Waals surface area contributed by atoms with Crippen LogP contribution in [0.3, 0.4) is 0 Å². The molecule has 1 aromatic carbocycles. The Morgan fingerprint density at radius 3 is 2.49 bits per heavy atom. The highest BCUT2D eigenvalue weighted by molar-refractivity contribution is 6.09. The van der Waals surface area contributed by atoms with Crippen LogP contribution in [0.5, 0.6) is 11.5 Å². The zero-order chi connectivity index (χ0) is 25.3. The molecule has 7 heteroatoms. The molecule has 0 fully saturated rings. The summed E-state index contributed by atoms with van der Waals surface area (Å²) in [5, 5.41) is 0. The van der Waals surface area contributed by atoms with Crippen molar-refractivity contribution in [1.82, 2.24) is 0 Å². The number of ketones is 1. The van der Waals surface area contributed by atoms with Crippen LogP contribution in [0.25, 0.3) is 0 Å². The van der Waals surface area contributed by atoms with Crippen molar-refractivity contribution in [3.8, 4) is 11.5 Å². The van der Waals surface area contributed by atoms with E-state index in [-0.39, 0.29) is 23.8 Å². The number of rotatable bonds is 7. The third-order valence-corrected chi connectivity index (χ3v) is 6.98. The van der Waals surface area contributed by atoms with Gasteiger partial charge in [-0.05, 0) is 69.4 Å². The van der Waals surface area contributed by atoms with E-state index in [0.29, 0.717) is 53.5 Å². The SMILES string of the molecule is CCC(C)OC(=O)C1C(C)=NC2=C(C(=O)CC(c3ccc(OC)c(OC)c3)C2)C1c1ccc(C)o1. The zero-order valence-electron chi connectivity index (χ0n) is 21.2. The molecule has 2 aromatic rings. The van der Waals surface area contributed by atoms with Crippen LogP contribution in [0, 0.1) is 12.8 Å². The minimum atomic E-state index is -0.699. The third-order valence-electron chi connectivity index (χ3n) is 6.98. The van der Waals surface area contributed by atoms with Crippen LogP contribution in [-0.4, -0.2) is 37.8 Å². The standard InChI is InChI=1S/C28H33NO6/c1-7-15(2)35-28(31)25-17(4)29-20-12-19(18-9-11-22(32-5)24(14-18)33-6)13-21(30)26(20)27(25)23-10-8-16(3)34-23/h8-11,14-15,19,25,27H,7,12-13H2,1-6H3. The maximum absolute atomic E-state index is 13.7. The molecule has 7 nitrogen and oxygen atoms in total. The number of furan rings is 1. The van der Waals surface area contributed by atoms with Crippen LogP contribution in [0.1, 0.15) is 69.0 Å². The van der Waals surface area contributed by atoms with Gasteiger partial charge in [-0.25, -0.2) is 0 Å². The van der Waals surface area contributed by atoms with E-state index in [1.807, 2.05) is 58.0 Å². The predicted molar refractivity (Wildman–Crippen MR) is 132 cm³/mol. The van der Waals surface area contributed by atoms with Crippen molar-refractivity contribution in [3.05, 3.63) is 58.7 Å². The van der Waals surface area contributed by atoms with Crippen molar-refractivity contribution in [2.45, 2.75) is 64.9 Å². The number of carbonyl (C=O) groups is 2. The average molecular weight is 480 g/mol. The third kappa shape index (κ3) is 4.77. The van der Waals surface area contributed by atoms with E-state index in [0.717, 1.165) is 11.3 Å². The summed E-state index contributed by atoms with van der Waals surface area (Å²) in [5.41, 5.74) is 2.90. The minimum Gasteiger partial charge on any atom is -0.493 e. The van der Waals surface area contributed by atoms with Gasteiger partial charge in [0.1, 0.15) is 17.4 Å². The molecule has 4 unspecified atom stereocenters. The number of aryl methyl sites for hydroxylation is 1. The normalized spacial score (nSPS) is 22.9. The van der Waals surface area contributed by atoms with Gasteiger partial charge in [-0.1, -0.05) is 13.0 Å². The monoisotopic (exact) mass is 479 g/mol. The summed E-state index contributed by atoms with van der Waals surface area (Å²) in [6, 6.07) is 9.44. The van der Waals surface area contributed by atoms with Gasteiger partial charge in [0, 0.05) is 23.4 Å². The molecule has 0 bridgehead atoms. The summed E-state index contributed by atoms with van der Waals surface area (Å²) in [4.78, 5) is 31.7. The number of hydrogen-bond acceptors (Lipinski definition) is 7. The maximum Gasteiger partial charge on any atom is 0.316 e. The van der Waals surface area contributed by atoms with E-state index in [2.05, 4.69) is 0 Å². The lowest BCUT2D eigenvalue weighted by atomic mass is 9.70. The molecule has 0 spiro atoms. The predicted octanol–water partition coefficient (Wildman–Crippen LogP) is 5.52. The fourth-order valence-electron chi connectivity index (χ4n) is 4.99. The number of hydrogen-bond donors (Lipinski definition) is 0. The van der Waals surface area contributed by atoms with E-state index in [1.165, 1.54) is 0 Å². The first-order valence-electron chi connectivity index (χ1n) is 12.1. The first-order chi connectivity index (χ1) is 16.8. The van der Waals surface area contributed by atoms with Gasteiger partial charge in [0.2, 0.25) is 0 Å². The molecule has 0 amide bonds. The van der Waals surface area contributed by atoms with Crippen LogP contribution in [0.2, 0.25) is 0 Å². The Balaban J connectivity index is 1.74. The van der Waals surface area contributed by atoms with Crippen molar-refractivity contribution in [3.63, 3.8) is 0 Å². The quantitative estimate of drug-likeness (QED) is 0.486. The second-order valence-corrected chi connectivity index (χ2v) is 9.32. The molecule has 0 radical (unpaired) electrons. The van der Waals surface area contributed by atoms with E-state index >= 15 is 0 Å². The number of Topliss-reactive ketones (excluding diaryl/α,β-unsaturated/α-hetero) is 1. The van der Waals surface area contributed by atoms with Crippen molar-refractivity contribution in [2.75, 3.05) is 14.2 Å². The summed E-state index contributed by atoms with van der Waals surface area (Å²) in [7, 11) is 3.19. The van der Waals surface area contributed by atoms with Gasteiger partial charge in [0.15, 0.2) is 17.3 Å². The number of aliphatic imine (C=N–C) groups is 1. The van der Waals surface area contributed by atoms with Gasteiger partial charge in [-0.3, -0.25) is 14.6 Å². The van der Waals surface area contributed by atoms with Crippen molar-refractivity contribution in [1.29, 1.82) is 0 Å². The van der Waals surface area contributed by atoms with E-state index < -0.39 is 11.8 Å². The second-order valence-electron chi connectivity index (χ2n) is 9.32. The number of allylic oxidation sites excluding steroid dienone is 2. The molecule has 186 valence electrons. The van der Waals surface area contributed by atoms with Gasteiger partial charge >= 0.3 is 5.97 Å². The molecule has 0 saturated heterocycles. The van der Waals surface area contributed by atoms with Crippen LogP contribution < -0.4 is 9.47 Å². The zero-order valence-corrected chi connectivity index (χ0v) is 21.2. The van der Waals surface area contributed by atoms with Crippen LogP contribution >= 0.6 is 0 Å². The Morgan fingerprint density at radius 2 is 1.86 bits per heavy atom. The Hall–Kier alpha value is -3.35. The molecule has 0 N–H and O–H groups in total. The fraction of sp³-hybridized carbons (Fsp3) is 0.464. The van der Waals surface area contributed by atoms with Gasteiger partial charge < -0.3 is 18.6 Å². The lowest BCUT2D eigenvalue weighted by Gasteiger charge is -2.35. The number of nitrogens with zero attached hydrogens (tertiary/aromatic N) is 1.